The summed E-state index contributed by atoms with van der Waals surface area (Å²) in [5.74, 6) is 5.07. The second-order valence-corrected chi connectivity index (χ2v) is 8.40. The van der Waals surface area contributed by atoms with Crippen LogP contribution >= 0.6 is 0 Å². The van der Waals surface area contributed by atoms with Crippen LogP contribution in [0.15, 0.2) is 30.3 Å². The summed E-state index contributed by atoms with van der Waals surface area (Å²) in [6.07, 6.45) is 10.5. The van der Waals surface area contributed by atoms with E-state index in [0.29, 0.717) is 0 Å². The topological polar surface area (TPSA) is 12.0 Å². The first-order valence-corrected chi connectivity index (χ1v) is 9.16. The largest absolute Gasteiger partial charge is 0.311 e. The molecule has 1 aromatic carbocycles. The van der Waals surface area contributed by atoms with Crippen molar-refractivity contribution < 1.29 is 0 Å². The van der Waals surface area contributed by atoms with Gasteiger partial charge in [-0.1, -0.05) is 30.3 Å². The van der Waals surface area contributed by atoms with Gasteiger partial charge in [-0.3, -0.25) is 0 Å². The highest BCUT2D eigenvalue weighted by Gasteiger charge is 2.49. The van der Waals surface area contributed by atoms with E-state index in [9.17, 15) is 0 Å². The SMILES string of the molecule is c1ccc(C2CC(NC3C4CC5CC(C4)CC3C5)C2)cc1. The third-order valence-electron chi connectivity index (χ3n) is 7.06. The summed E-state index contributed by atoms with van der Waals surface area (Å²) in [7, 11) is 0. The average Bonchev–Trinajstić information content (AvgIpc) is 2.45. The molecule has 0 radical (unpaired) electrons. The Bertz CT molecular complexity index is 474. The van der Waals surface area contributed by atoms with Crippen LogP contribution in [0.1, 0.15) is 56.4 Å². The van der Waals surface area contributed by atoms with Crippen molar-refractivity contribution in [2.75, 3.05) is 0 Å². The van der Waals surface area contributed by atoms with Crippen LogP contribution in [0.25, 0.3) is 0 Å². The molecule has 0 amide bonds. The van der Waals surface area contributed by atoms with Crippen LogP contribution in [0.3, 0.4) is 0 Å². The Labute approximate surface area is 128 Å². The van der Waals surface area contributed by atoms with Gasteiger partial charge in [0.2, 0.25) is 0 Å². The Balaban J connectivity index is 1.21. The molecule has 5 saturated carbocycles. The Morgan fingerprint density at radius 1 is 0.714 bits per heavy atom. The van der Waals surface area contributed by atoms with Crippen molar-refractivity contribution >= 4 is 0 Å². The van der Waals surface area contributed by atoms with Crippen LogP contribution in [0.4, 0.5) is 0 Å². The molecule has 5 aliphatic rings. The Kier molecular flexibility index (Phi) is 2.93. The van der Waals surface area contributed by atoms with Crippen molar-refractivity contribution in [2.24, 2.45) is 23.7 Å². The van der Waals surface area contributed by atoms with Gasteiger partial charge in [-0.05, 0) is 80.1 Å². The molecule has 6 rings (SSSR count). The van der Waals surface area contributed by atoms with Gasteiger partial charge in [-0.25, -0.2) is 0 Å². The van der Waals surface area contributed by atoms with E-state index in [2.05, 4.69) is 35.6 Å². The number of nitrogens with one attached hydrogen (secondary N) is 1. The minimum atomic E-state index is 0.803. The fraction of sp³-hybridized carbons (Fsp3) is 0.700. The van der Waals surface area contributed by atoms with Crippen LogP contribution in [0.5, 0.6) is 0 Å². The van der Waals surface area contributed by atoms with Crippen molar-refractivity contribution in [1.29, 1.82) is 0 Å². The van der Waals surface area contributed by atoms with Crippen molar-refractivity contribution in [1.82, 2.24) is 5.32 Å². The standard InChI is InChI=1S/C20H27N/c1-2-4-15(5-3-1)16-11-19(12-16)21-20-17-7-13-6-14(9-17)10-18(20)8-13/h1-5,13-14,16-21H,6-12H2. The van der Waals surface area contributed by atoms with E-state index < -0.39 is 0 Å². The summed E-state index contributed by atoms with van der Waals surface area (Å²) in [5, 5.41) is 4.10. The van der Waals surface area contributed by atoms with Crippen LogP contribution in [-0.2, 0) is 0 Å². The molecule has 21 heavy (non-hydrogen) atoms. The summed E-state index contributed by atoms with van der Waals surface area (Å²) in [6, 6.07) is 12.8. The lowest BCUT2D eigenvalue weighted by molar-refractivity contribution is -0.0223. The Morgan fingerprint density at radius 3 is 1.95 bits per heavy atom. The normalized spacial score (nSPS) is 47.3. The Hall–Kier alpha value is -0.820. The van der Waals surface area contributed by atoms with Crippen LogP contribution in [0, 0.1) is 23.7 Å². The van der Waals surface area contributed by atoms with Gasteiger partial charge in [-0.2, -0.15) is 0 Å². The summed E-state index contributed by atoms with van der Waals surface area (Å²) in [4.78, 5) is 0. The maximum Gasteiger partial charge on any atom is 0.0127 e. The van der Waals surface area contributed by atoms with E-state index in [1.165, 1.54) is 12.8 Å². The van der Waals surface area contributed by atoms with E-state index in [1.807, 2.05) is 0 Å². The van der Waals surface area contributed by atoms with Gasteiger partial charge >= 0.3 is 0 Å². The monoisotopic (exact) mass is 281 g/mol. The molecule has 0 unspecified atom stereocenters. The first kappa shape index (κ1) is 12.7. The van der Waals surface area contributed by atoms with Gasteiger partial charge in [0.1, 0.15) is 0 Å². The number of rotatable bonds is 3. The molecule has 5 aliphatic carbocycles. The van der Waals surface area contributed by atoms with Crippen molar-refractivity contribution in [3.8, 4) is 0 Å². The van der Waals surface area contributed by atoms with Crippen molar-refractivity contribution in [3.63, 3.8) is 0 Å². The summed E-state index contributed by atoms with van der Waals surface area (Å²) >= 11 is 0. The predicted molar refractivity (Wildman–Crippen MR) is 86.2 cm³/mol. The van der Waals surface area contributed by atoms with E-state index in [4.69, 9.17) is 0 Å². The molecular weight excluding hydrogens is 254 g/mol. The molecule has 0 heterocycles. The van der Waals surface area contributed by atoms with Crippen LogP contribution in [0.2, 0.25) is 0 Å². The molecule has 0 saturated heterocycles. The quantitative estimate of drug-likeness (QED) is 0.868. The first-order valence-electron chi connectivity index (χ1n) is 9.16. The minimum Gasteiger partial charge on any atom is -0.311 e. The summed E-state index contributed by atoms with van der Waals surface area (Å²) in [5.41, 5.74) is 1.56. The maximum absolute atomic E-state index is 4.10. The highest BCUT2D eigenvalue weighted by atomic mass is 15.0. The van der Waals surface area contributed by atoms with Crippen LogP contribution < -0.4 is 5.32 Å². The van der Waals surface area contributed by atoms with Gasteiger partial charge in [0.15, 0.2) is 0 Å². The van der Waals surface area contributed by atoms with E-state index >= 15 is 0 Å². The second kappa shape index (κ2) is 4.84. The van der Waals surface area contributed by atoms with Gasteiger partial charge in [0.05, 0.1) is 0 Å². The highest BCUT2D eigenvalue weighted by molar-refractivity contribution is 5.23. The lowest BCUT2D eigenvalue weighted by Crippen LogP contribution is -2.58. The molecule has 1 aromatic rings. The summed E-state index contributed by atoms with van der Waals surface area (Å²) in [6.45, 7) is 0. The van der Waals surface area contributed by atoms with Gasteiger partial charge < -0.3 is 5.32 Å². The lowest BCUT2D eigenvalue weighted by atomic mass is 9.54. The average molecular weight is 281 g/mol. The molecule has 0 aromatic heterocycles. The third-order valence-corrected chi connectivity index (χ3v) is 7.06. The molecule has 0 aliphatic heterocycles. The minimum absolute atomic E-state index is 0.803. The molecule has 0 atom stereocenters. The summed E-state index contributed by atoms with van der Waals surface area (Å²) < 4.78 is 0. The zero-order chi connectivity index (χ0) is 13.8. The smallest absolute Gasteiger partial charge is 0.0127 e. The molecule has 4 bridgehead atoms. The fourth-order valence-electron chi connectivity index (χ4n) is 6.22. The third kappa shape index (κ3) is 2.16. The van der Waals surface area contributed by atoms with Gasteiger partial charge in [-0.15, -0.1) is 0 Å². The lowest BCUT2D eigenvalue weighted by Gasteiger charge is -2.56. The highest BCUT2D eigenvalue weighted by Crippen LogP contribution is 2.54. The zero-order valence-electron chi connectivity index (χ0n) is 12.9. The Morgan fingerprint density at radius 2 is 1.33 bits per heavy atom. The van der Waals surface area contributed by atoms with E-state index in [0.717, 1.165) is 41.7 Å². The zero-order valence-corrected chi connectivity index (χ0v) is 12.9. The molecule has 1 N–H and O–H groups in total. The molecule has 1 nitrogen and oxygen atoms in total. The number of hydrogen-bond acceptors (Lipinski definition) is 1. The fourth-order valence-corrected chi connectivity index (χ4v) is 6.22. The predicted octanol–water partition coefficient (Wildman–Crippen LogP) is 4.35. The van der Waals surface area contributed by atoms with E-state index in [1.54, 1.807) is 37.7 Å². The van der Waals surface area contributed by atoms with Gasteiger partial charge in [0.25, 0.3) is 0 Å². The molecule has 1 heteroatoms. The first-order chi connectivity index (χ1) is 10.3. The van der Waals surface area contributed by atoms with Gasteiger partial charge in [0, 0.05) is 12.1 Å². The molecule has 0 spiro atoms. The number of hydrogen-bond donors (Lipinski definition) is 1. The van der Waals surface area contributed by atoms with Crippen molar-refractivity contribution in [2.45, 2.75) is 62.9 Å². The molecule has 5 fully saturated rings. The van der Waals surface area contributed by atoms with Crippen LogP contribution in [-0.4, -0.2) is 12.1 Å². The van der Waals surface area contributed by atoms with Crippen molar-refractivity contribution in [3.05, 3.63) is 35.9 Å². The maximum atomic E-state index is 4.10. The van der Waals surface area contributed by atoms with E-state index in [-0.39, 0.29) is 0 Å². The molecular formula is C20H27N. The number of benzene rings is 1. The molecule has 112 valence electrons. The second-order valence-electron chi connectivity index (χ2n) is 8.40.